The highest BCUT2D eigenvalue weighted by Crippen LogP contribution is 2.37. The number of ether oxygens (including phenoxy) is 1. The van der Waals surface area contributed by atoms with Gasteiger partial charge in [0.25, 0.3) is 0 Å². The Morgan fingerprint density at radius 1 is 1.03 bits per heavy atom. The van der Waals surface area contributed by atoms with Crippen molar-refractivity contribution < 1.29 is 24.5 Å². The molecule has 0 saturated carbocycles. The Morgan fingerprint density at radius 3 is 2.33 bits per heavy atom. The van der Waals surface area contributed by atoms with Gasteiger partial charge in [-0.2, -0.15) is 0 Å². The first-order valence-electron chi connectivity index (χ1n) is 11.0. The van der Waals surface area contributed by atoms with Crippen molar-refractivity contribution in [2.24, 2.45) is 10.8 Å². The van der Waals surface area contributed by atoms with Gasteiger partial charge in [-0.1, -0.05) is 46.1 Å². The summed E-state index contributed by atoms with van der Waals surface area (Å²) in [5.74, 6) is -0.698. The van der Waals surface area contributed by atoms with E-state index in [9.17, 15) is 19.8 Å². The molecule has 1 unspecified atom stereocenters. The van der Waals surface area contributed by atoms with Crippen molar-refractivity contribution in [3.05, 3.63) is 23.8 Å². The second-order valence-electron chi connectivity index (χ2n) is 9.00. The first-order valence-corrected chi connectivity index (χ1v) is 11.0. The number of carbonyl (C=O) groups excluding carboxylic acids is 2. The highest BCUT2D eigenvalue weighted by Gasteiger charge is 2.41. The van der Waals surface area contributed by atoms with E-state index in [1.165, 1.54) is 12.1 Å². The number of carbonyl (C=O) groups is 2. The molecule has 0 aliphatic carbocycles. The van der Waals surface area contributed by atoms with Gasteiger partial charge < -0.3 is 20.3 Å². The zero-order valence-corrected chi connectivity index (χ0v) is 19.2. The topological polar surface area (TPSA) is 95.9 Å². The third-order valence-electron chi connectivity index (χ3n) is 5.68. The molecule has 6 nitrogen and oxygen atoms in total. The van der Waals surface area contributed by atoms with Crippen LogP contribution in [0.2, 0.25) is 0 Å². The van der Waals surface area contributed by atoms with E-state index in [0.717, 1.165) is 31.2 Å². The van der Waals surface area contributed by atoms with Crippen LogP contribution in [-0.4, -0.2) is 35.2 Å². The molecule has 0 aliphatic heterocycles. The minimum Gasteiger partial charge on any atom is -0.504 e. The Balaban J connectivity index is 2.59. The van der Waals surface area contributed by atoms with E-state index in [-0.39, 0.29) is 23.4 Å². The maximum absolute atomic E-state index is 12.9. The van der Waals surface area contributed by atoms with Gasteiger partial charge in [0.1, 0.15) is 0 Å². The van der Waals surface area contributed by atoms with Crippen molar-refractivity contribution in [2.75, 3.05) is 13.2 Å². The van der Waals surface area contributed by atoms with E-state index in [0.29, 0.717) is 32.4 Å². The summed E-state index contributed by atoms with van der Waals surface area (Å²) in [6, 6.07) is 4.62. The lowest BCUT2D eigenvalue weighted by atomic mass is 9.72. The van der Waals surface area contributed by atoms with Crippen molar-refractivity contribution in [3.63, 3.8) is 0 Å². The average molecular weight is 422 g/mol. The van der Waals surface area contributed by atoms with Gasteiger partial charge in [0, 0.05) is 12.0 Å². The molecule has 1 aromatic carbocycles. The predicted octanol–water partition coefficient (Wildman–Crippen LogP) is 4.71. The molecule has 1 aromatic rings. The lowest BCUT2D eigenvalue weighted by molar-refractivity contribution is -0.157. The number of unbranched alkanes of at least 4 members (excludes halogenated alkanes) is 3. The van der Waals surface area contributed by atoms with Gasteiger partial charge in [-0.05, 0) is 57.2 Å². The van der Waals surface area contributed by atoms with E-state index >= 15 is 0 Å². The normalized spacial score (nSPS) is 13.5. The molecule has 170 valence electrons. The fraction of sp³-hybridized carbons (Fsp3) is 0.667. The van der Waals surface area contributed by atoms with Crippen LogP contribution in [0.3, 0.4) is 0 Å². The number of nitrogens with one attached hydrogen (secondary N) is 1. The molecule has 0 radical (unpaired) electrons. The first-order chi connectivity index (χ1) is 14.1. The van der Waals surface area contributed by atoms with E-state index in [4.69, 9.17) is 4.74 Å². The van der Waals surface area contributed by atoms with E-state index in [1.54, 1.807) is 6.07 Å². The number of benzene rings is 1. The molecule has 1 rings (SSSR count). The molecule has 0 aliphatic rings. The third kappa shape index (κ3) is 7.88. The second-order valence-corrected chi connectivity index (χ2v) is 9.00. The zero-order valence-electron chi connectivity index (χ0n) is 19.2. The smallest absolute Gasteiger partial charge is 0.311 e. The van der Waals surface area contributed by atoms with E-state index < -0.39 is 10.8 Å². The van der Waals surface area contributed by atoms with Crippen molar-refractivity contribution in [2.45, 2.75) is 79.6 Å². The van der Waals surface area contributed by atoms with Crippen molar-refractivity contribution >= 4 is 11.9 Å². The van der Waals surface area contributed by atoms with Crippen LogP contribution in [0.5, 0.6) is 11.5 Å². The molecule has 6 heteroatoms. The van der Waals surface area contributed by atoms with Gasteiger partial charge in [0.05, 0.1) is 12.0 Å². The van der Waals surface area contributed by atoms with Gasteiger partial charge in [-0.15, -0.1) is 0 Å². The van der Waals surface area contributed by atoms with Crippen LogP contribution in [0.1, 0.15) is 78.7 Å². The molecule has 0 saturated heterocycles. The zero-order chi connectivity index (χ0) is 22.8. The average Bonchev–Trinajstić information content (AvgIpc) is 2.69. The molecule has 1 amide bonds. The summed E-state index contributed by atoms with van der Waals surface area (Å²) < 4.78 is 5.47. The summed E-state index contributed by atoms with van der Waals surface area (Å²) in [7, 11) is 0. The number of phenols is 2. The molecule has 0 spiro atoms. The molecule has 1 atom stereocenters. The highest BCUT2D eigenvalue weighted by molar-refractivity contribution is 5.84. The number of aromatic hydroxyl groups is 2. The number of amides is 1. The number of phenolic OH excluding ortho intramolecular Hbond substituents is 2. The molecular weight excluding hydrogens is 382 g/mol. The van der Waals surface area contributed by atoms with Crippen LogP contribution >= 0.6 is 0 Å². The summed E-state index contributed by atoms with van der Waals surface area (Å²) >= 11 is 0. The maximum Gasteiger partial charge on any atom is 0.311 e. The van der Waals surface area contributed by atoms with Crippen LogP contribution in [0.25, 0.3) is 0 Å². The summed E-state index contributed by atoms with van der Waals surface area (Å²) in [5.41, 5.74) is -0.631. The van der Waals surface area contributed by atoms with Crippen LogP contribution in [0, 0.1) is 10.8 Å². The summed E-state index contributed by atoms with van der Waals surface area (Å²) in [6.45, 7) is 10.5. The Hall–Kier alpha value is -2.24. The molecule has 30 heavy (non-hydrogen) atoms. The molecule has 3 N–H and O–H groups in total. The highest BCUT2D eigenvalue weighted by atomic mass is 16.5. The fourth-order valence-corrected chi connectivity index (χ4v) is 3.56. The Kier molecular flexibility index (Phi) is 10.2. The quantitative estimate of drug-likeness (QED) is 0.243. The molecule has 0 aromatic heterocycles. The first kappa shape index (κ1) is 25.8. The van der Waals surface area contributed by atoms with Gasteiger partial charge in [-0.3, -0.25) is 9.59 Å². The standard InChI is InChI=1S/C24H39NO5/c1-6-8-9-10-15-30-22(29)23(3,4)17-24(5,7-2)21(28)25-14-13-18-11-12-19(26)20(27)16-18/h11-12,16,26-27H,6-10,13-15,17H2,1-5H3,(H,25,28). The fourth-order valence-electron chi connectivity index (χ4n) is 3.56. The summed E-state index contributed by atoms with van der Waals surface area (Å²) in [6.07, 6.45) is 5.73. The number of hydrogen-bond donors (Lipinski definition) is 3. The predicted molar refractivity (Wildman–Crippen MR) is 118 cm³/mol. The molecule has 0 fully saturated rings. The summed E-state index contributed by atoms with van der Waals surface area (Å²) in [5, 5.41) is 21.9. The van der Waals surface area contributed by atoms with Crippen LogP contribution in [-0.2, 0) is 20.7 Å². The lowest BCUT2D eigenvalue weighted by Crippen LogP contribution is -2.44. The summed E-state index contributed by atoms with van der Waals surface area (Å²) in [4.78, 5) is 25.5. The second kappa shape index (κ2) is 11.8. The van der Waals surface area contributed by atoms with Crippen LogP contribution < -0.4 is 5.32 Å². The van der Waals surface area contributed by atoms with Gasteiger partial charge in [0.15, 0.2) is 11.5 Å². The van der Waals surface area contributed by atoms with Crippen molar-refractivity contribution in [3.8, 4) is 11.5 Å². The van der Waals surface area contributed by atoms with E-state index in [2.05, 4.69) is 12.2 Å². The maximum atomic E-state index is 12.9. The number of hydrogen-bond acceptors (Lipinski definition) is 5. The third-order valence-corrected chi connectivity index (χ3v) is 5.68. The largest absolute Gasteiger partial charge is 0.504 e. The van der Waals surface area contributed by atoms with Gasteiger partial charge in [-0.25, -0.2) is 0 Å². The van der Waals surface area contributed by atoms with Crippen molar-refractivity contribution in [1.82, 2.24) is 5.32 Å². The van der Waals surface area contributed by atoms with Gasteiger partial charge in [0.2, 0.25) is 5.91 Å². The monoisotopic (exact) mass is 421 g/mol. The SMILES string of the molecule is CCCCCCOC(=O)C(C)(C)CC(C)(CC)C(=O)NCCc1ccc(O)c(O)c1. The van der Waals surface area contributed by atoms with Gasteiger partial charge >= 0.3 is 5.97 Å². The molecule has 0 bridgehead atoms. The van der Waals surface area contributed by atoms with Crippen LogP contribution in [0.4, 0.5) is 0 Å². The lowest BCUT2D eigenvalue weighted by Gasteiger charge is -2.34. The molecule has 0 heterocycles. The minimum atomic E-state index is -0.754. The van der Waals surface area contributed by atoms with E-state index in [1.807, 2.05) is 27.7 Å². The molecular formula is C24H39NO5. The number of rotatable bonds is 13. The Labute approximate surface area is 181 Å². The van der Waals surface area contributed by atoms with Crippen molar-refractivity contribution in [1.29, 1.82) is 0 Å². The Bertz CT molecular complexity index is 701. The minimum absolute atomic E-state index is 0.100. The Morgan fingerprint density at radius 2 is 1.73 bits per heavy atom. The van der Waals surface area contributed by atoms with Crippen LogP contribution in [0.15, 0.2) is 18.2 Å². The number of esters is 1.